The van der Waals surface area contributed by atoms with E-state index in [1.807, 2.05) is 13.0 Å². The van der Waals surface area contributed by atoms with Crippen molar-refractivity contribution in [2.45, 2.75) is 52.0 Å². The molecule has 192 valence electrons. The average molecular weight is 502 g/mol. The summed E-state index contributed by atoms with van der Waals surface area (Å²) in [5.41, 5.74) is 3.22. The van der Waals surface area contributed by atoms with Gasteiger partial charge in [0.05, 0.1) is 11.5 Å². The molecule has 0 radical (unpaired) electrons. The van der Waals surface area contributed by atoms with E-state index in [2.05, 4.69) is 63.3 Å². The monoisotopic (exact) mass is 501 g/mol. The number of nitrogens with zero attached hydrogens (tertiary/aromatic N) is 3. The summed E-state index contributed by atoms with van der Waals surface area (Å²) in [5, 5.41) is 22.1. The van der Waals surface area contributed by atoms with E-state index in [0.29, 0.717) is 18.2 Å². The number of rotatable bonds is 7. The highest BCUT2D eigenvalue weighted by molar-refractivity contribution is 5.99. The number of carbonyl (C=O) groups is 1. The molecule has 1 aliphatic rings. The topological polar surface area (TPSA) is 115 Å². The van der Waals surface area contributed by atoms with Crippen molar-refractivity contribution in [2.24, 2.45) is 0 Å². The van der Waals surface area contributed by atoms with E-state index in [9.17, 15) is 14.4 Å². The predicted molar refractivity (Wildman–Crippen MR) is 143 cm³/mol. The largest absolute Gasteiger partial charge is 0.352 e. The van der Waals surface area contributed by atoms with Crippen LogP contribution in [0.5, 0.6) is 0 Å². The molecule has 0 saturated heterocycles. The Bertz CT molecular complexity index is 1380. The molecule has 8 nitrogen and oxygen atoms in total. The minimum atomic E-state index is -1.03. The van der Waals surface area contributed by atoms with Crippen molar-refractivity contribution in [3.05, 3.63) is 70.7 Å². The molecular formula is C28H32FN7O. The highest BCUT2D eigenvalue weighted by atomic mass is 19.1. The second-order valence-corrected chi connectivity index (χ2v) is 10.2. The van der Waals surface area contributed by atoms with E-state index in [0.717, 1.165) is 18.7 Å². The van der Waals surface area contributed by atoms with Crippen LogP contribution in [0, 0.1) is 17.1 Å². The number of aromatic nitrogens is 2. The Morgan fingerprint density at radius 1 is 1.19 bits per heavy atom. The van der Waals surface area contributed by atoms with Crippen LogP contribution in [0.15, 0.2) is 42.6 Å². The number of carbonyl (C=O) groups excluding carboxylic acids is 1. The molecule has 0 unspecified atom stereocenters. The van der Waals surface area contributed by atoms with Crippen molar-refractivity contribution in [1.29, 1.82) is 5.26 Å². The second-order valence-electron chi connectivity index (χ2n) is 10.2. The lowest BCUT2D eigenvalue weighted by Crippen LogP contribution is -2.42. The molecule has 2 aromatic carbocycles. The van der Waals surface area contributed by atoms with Crippen LogP contribution in [0.3, 0.4) is 0 Å². The molecule has 37 heavy (non-hydrogen) atoms. The van der Waals surface area contributed by atoms with Gasteiger partial charge in [0, 0.05) is 35.2 Å². The van der Waals surface area contributed by atoms with Crippen LogP contribution >= 0.6 is 0 Å². The summed E-state index contributed by atoms with van der Waals surface area (Å²) in [5.74, 6) is -0.237. The van der Waals surface area contributed by atoms with Gasteiger partial charge in [0.25, 0.3) is 5.91 Å². The first-order valence-electron chi connectivity index (χ1n) is 12.3. The molecule has 4 rings (SSSR count). The zero-order chi connectivity index (χ0) is 26.8. The van der Waals surface area contributed by atoms with Crippen molar-refractivity contribution < 1.29 is 9.18 Å². The Kier molecular flexibility index (Phi) is 7.14. The maximum Gasteiger partial charge on any atom is 0.256 e. The highest BCUT2D eigenvalue weighted by Crippen LogP contribution is 2.32. The zero-order valence-corrected chi connectivity index (χ0v) is 21.8. The minimum Gasteiger partial charge on any atom is -0.352 e. The summed E-state index contributed by atoms with van der Waals surface area (Å²) in [7, 11) is 0. The van der Waals surface area contributed by atoms with Crippen LogP contribution in [0.4, 0.5) is 27.5 Å². The number of benzene rings is 2. The van der Waals surface area contributed by atoms with Gasteiger partial charge in [-0.1, -0.05) is 6.07 Å². The molecule has 3 aromatic rings. The van der Waals surface area contributed by atoms with Crippen LogP contribution in [0.2, 0.25) is 0 Å². The SMILES string of the molecule is CCNC(=O)c1cnc(Nc2ccc3c(c2)CCNC3(C)C)nc1Nc1ccc(F)c(C(C)(C)C#N)c1. The van der Waals surface area contributed by atoms with E-state index in [1.54, 1.807) is 26.0 Å². The first kappa shape index (κ1) is 26.0. The van der Waals surface area contributed by atoms with Crippen molar-refractivity contribution in [1.82, 2.24) is 20.6 Å². The average Bonchev–Trinajstić information content (AvgIpc) is 2.85. The molecule has 1 aliphatic heterocycles. The molecule has 1 amide bonds. The summed E-state index contributed by atoms with van der Waals surface area (Å²) in [6.07, 6.45) is 2.38. The van der Waals surface area contributed by atoms with Crippen molar-refractivity contribution in [3.8, 4) is 6.07 Å². The summed E-state index contributed by atoms with van der Waals surface area (Å²) in [6.45, 7) is 10.8. The van der Waals surface area contributed by atoms with Gasteiger partial charge in [-0.3, -0.25) is 4.79 Å². The first-order valence-corrected chi connectivity index (χ1v) is 12.3. The fourth-order valence-corrected chi connectivity index (χ4v) is 4.46. The molecule has 0 fully saturated rings. The number of amides is 1. The lowest BCUT2D eigenvalue weighted by molar-refractivity contribution is 0.0956. The van der Waals surface area contributed by atoms with Gasteiger partial charge in [-0.2, -0.15) is 10.2 Å². The van der Waals surface area contributed by atoms with E-state index in [-0.39, 0.29) is 28.4 Å². The number of hydrogen-bond acceptors (Lipinski definition) is 7. The van der Waals surface area contributed by atoms with Crippen LogP contribution in [-0.4, -0.2) is 29.0 Å². The van der Waals surface area contributed by atoms with Crippen molar-refractivity contribution in [3.63, 3.8) is 0 Å². The molecule has 4 N–H and O–H groups in total. The standard InChI is InChI=1S/C28H32FN7O/c1-6-31-25(37)20-15-32-26(35-18-7-9-21-17(13-18)11-12-33-28(21,4)5)36-24(20)34-19-8-10-23(29)22(14-19)27(2,3)16-30/h7-10,13-15,33H,6,11-12H2,1-5H3,(H,31,37)(H2,32,34,35,36). The fourth-order valence-electron chi connectivity index (χ4n) is 4.46. The van der Waals surface area contributed by atoms with Gasteiger partial charge in [0.1, 0.15) is 17.2 Å². The smallest absolute Gasteiger partial charge is 0.256 e. The van der Waals surface area contributed by atoms with Crippen molar-refractivity contribution >= 4 is 29.0 Å². The van der Waals surface area contributed by atoms with Gasteiger partial charge in [-0.15, -0.1) is 0 Å². The highest BCUT2D eigenvalue weighted by Gasteiger charge is 2.27. The lowest BCUT2D eigenvalue weighted by atomic mass is 9.85. The Morgan fingerprint density at radius 2 is 1.92 bits per heavy atom. The Hall–Kier alpha value is -4.03. The maximum atomic E-state index is 14.5. The summed E-state index contributed by atoms with van der Waals surface area (Å²) < 4.78 is 14.5. The Morgan fingerprint density at radius 3 is 2.65 bits per heavy atom. The molecule has 0 aliphatic carbocycles. The molecule has 1 aromatic heterocycles. The van der Waals surface area contributed by atoms with E-state index < -0.39 is 11.2 Å². The summed E-state index contributed by atoms with van der Waals surface area (Å²) in [4.78, 5) is 21.7. The fraction of sp³-hybridized carbons (Fsp3) is 0.357. The molecule has 0 saturated carbocycles. The first-order chi connectivity index (χ1) is 17.5. The molecule has 2 heterocycles. The van der Waals surface area contributed by atoms with Gasteiger partial charge < -0.3 is 21.3 Å². The third-order valence-electron chi connectivity index (χ3n) is 6.55. The number of nitriles is 1. The predicted octanol–water partition coefficient (Wildman–Crippen LogP) is 5.03. The Balaban J connectivity index is 1.68. The third kappa shape index (κ3) is 5.54. The quantitative estimate of drug-likeness (QED) is 0.359. The third-order valence-corrected chi connectivity index (χ3v) is 6.55. The molecule has 9 heteroatoms. The summed E-state index contributed by atoms with van der Waals surface area (Å²) >= 11 is 0. The van der Waals surface area contributed by atoms with Gasteiger partial charge in [0.2, 0.25) is 5.95 Å². The molecule has 0 bridgehead atoms. The minimum absolute atomic E-state index is 0.0951. The van der Waals surface area contributed by atoms with Gasteiger partial charge >= 0.3 is 0 Å². The number of halogens is 1. The van der Waals surface area contributed by atoms with E-state index in [1.165, 1.54) is 23.4 Å². The zero-order valence-electron chi connectivity index (χ0n) is 21.8. The number of anilines is 4. The van der Waals surface area contributed by atoms with E-state index in [4.69, 9.17) is 0 Å². The van der Waals surface area contributed by atoms with Gasteiger partial charge in [-0.25, -0.2) is 9.37 Å². The summed E-state index contributed by atoms with van der Waals surface area (Å²) in [6, 6.07) is 12.7. The number of nitrogens with one attached hydrogen (secondary N) is 4. The van der Waals surface area contributed by atoms with Gasteiger partial charge in [-0.05, 0) is 89.0 Å². The number of hydrogen-bond donors (Lipinski definition) is 4. The normalized spacial score (nSPS) is 14.3. The van der Waals surface area contributed by atoms with Crippen molar-refractivity contribution in [2.75, 3.05) is 23.7 Å². The van der Waals surface area contributed by atoms with Gasteiger partial charge in [0.15, 0.2) is 0 Å². The Labute approximate surface area is 216 Å². The van der Waals surface area contributed by atoms with E-state index >= 15 is 0 Å². The maximum absolute atomic E-state index is 14.5. The molecule has 0 spiro atoms. The van der Waals surface area contributed by atoms with Crippen LogP contribution in [-0.2, 0) is 17.4 Å². The van der Waals surface area contributed by atoms with Crippen LogP contribution in [0.25, 0.3) is 0 Å². The second kappa shape index (κ2) is 10.1. The lowest BCUT2D eigenvalue weighted by Gasteiger charge is -2.34. The molecular weight excluding hydrogens is 469 g/mol. The molecule has 0 atom stereocenters. The van der Waals surface area contributed by atoms with Crippen LogP contribution in [0.1, 0.15) is 61.7 Å². The van der Waals surface area contributed by atoms with Crippen LogP contribution < -0.4 is 21.3 Å². The number of fused-ring (bicyclic) bond motifs is 1.